The molecule has 0 aromatic heterocycles. The van der Waals surface area contributed by atoms with Crippen molar-refractivity contribution in [2.24, 2.45) is 11.7 Å². The Labute approximate surface area is 109 Å². The summed E-state index contributed by atoms with van der Waals surface area (Å²) in [6, 6.07) is 7.97. The maximum atomic E-state index is 10.7. The Morgan fingerprint density at radius 1 is 1.28 bits per heavy atom. The molecular weight excluding hydrogens is 228 g/mol. The lowest BCUT2D eigenvalue weighted by Crippen LogP contribution is -2.30. The van der Waals surface area contributed by atoms with E-state index in [0.29, 0.717) is 5.92 Å². The molecule has 0 radical (unpaired) electrons. The van der Waals surface area contributed by atoms with Crippen LogP contribution in [0.3, 0.4) is 0 Å². The Kier molecular flexibility index (Phi) is 5.65. The first-order valence-electron chi connectivity index (χ1n) is 6.23. The second kappa shape index (κ2) is 7.01. The van der Waals surface area contributed by atoms with Crippen molar-refractivity contribution in [1.82, 2.24) is 5.32 Å². The molecule has 18 heavy (non-hydrogen) atoms. The smallest absolute Gasteiger partial charge is 0.231 e. The van der Waals surface area contributed by atoms with Gasteiger partial charge in [-0.25, -0.2) is 0 Å². The van der Waals surface area contributed by atoms with Crippen molar-refractivity contribution in [1.29, 1.82) is 0 Å². The van der Waals surface area contributed by atoms with Gasteiger partial charge >= 0.3 is 0 Å². The number of benzene rings is 1. The van der Waals surface area contributed by atoms with E-state index in [-0.39, 0.29) is 18.5 Å². The van der Waals surface area contributed by atoms with Crippen LogP contribution in [0, 0.1) is 5.92 Å². The molecule has 0 aliphatic carbocycles. The van der Waals surface area contributed by atoms with E-state index in [9.17, 15) is 4.79 Å². The van der Waals surface area contributed by atoms with Gasteiger partial charge in [-0.1, -0.05) is 26.0 Å². The lowest BCUT2D eigenvalue weighted by molar-refractivity contribution is -0.117. The average molecular weight is 250 g/mol. The number of nitrogens with two attached hydrogens (primary N) is 1. The summed E-state index contributed by atoms with van der Waals surface area (Å²) < 4.78 is 5.61. The molecule has 0 spiro atoms. The van der Waals surface area contributed by atoms with Crippen LogP contribution < -0.4 is 15.8 Å². The Morgan fingerprint density at radius 2 is 1.89 bits per heavy atom. The number of amides is 1. The summed E-state index contributed by atoms with van der Waals surface area (Å²) in [5.74, 6) is 1.04. The number of nitrogens with one attached hydrogen (secondary N) is 1. The zero-order chi connectivity index (χ0) is 13.5. The zero-order valence-corrected chi connectivity index (χ0v) is 11.3. The predicted octanol–water partition coefficient (Wildman–Crippen LogP) is 1.86. The van der Waals surface area contributed by atoms with E-state index in [4.69, 9.17) is 10.5 Å². The van der Waals surface area contributed by atoms with Crippen molar-refractivity contribution >= 4 is 5.91 Å². The first kappa shape index (κ1) is 14.5. The van der Waals surface area contributed by atoms with Gasteiger partial charge in [0, 0.05) is 6.04 Å². The minimum absolute atomic E-state index is 0.0941. The monoisotopic (exact) mass is 250 g/mol. The summed E-state index contributed by atoms with van der Waals surface area (Å²) in [5, 5.41) is 3.05. The second-order valence-electron chi connectivity index (χ2n) is 4.84. The van der Waals surface area contributed by atoms with Crippen molar-refractivity contribution in [3.8, 4) is 5.75 Å². The van der Waals surface area contributed by atoms with Crippen LogP contribution in [0.5, 0.6) is 5.75 Å². The van der Waals surface area contributed by atoms with E-state index in [2.05, 4.69) is 19.2 Å². The third-order valence-electron chi connectivity index (χ3n) is 2.55. The van der Waals surface area contributed by atoms with Crippen LogP contribution in [-0.4, -0.2) is 19.1 Å². The van der Waals surface area contributed by atoms with Crippen LogP contribution in [0.25, 0.3) is 0 Å². The zero-order valence-electron chi connectivity index (χ0n) is 11.3. The lowest BCUT2D eigenvalue weighted by Gasteiger charge is -2.14. The highest BCUT2D eigenvalue weighted by atomic mass is 16.5. The molecule has 0 fully saturated rings. The summed E-state index contributed by atoms with van der Waals surface area (Å²) in [6.45, 7) is 7.13. The van der Waals surface area contributed by atoms with E-state index in [0.717, 1.165) is 17.9 Å². The van der Waals surface area contributed by atoms with Crippen LogP contribution in [0.4, 0.5) is 0 Å². The van der Waals surface area contributed by atoms with Crippen LogP contribution in [-0.2, 0) is 4.79 Å². The van der Waals surface area contributed by atoms with Gasteiger partial charge in [0.25, 0.3) is 0 Å². The van der Waals surface area contributed by atoms with Gasteiger partial charge < -0.3 is 15.8 Å². The Morgan fingerprint density at radius 3 is 2.39 bits per heavy atom. The summed E-state index contributed by atoms with van der Waals surface area (Å²) in [4.78, 5) is 10.7. The van der Waals surface area contributed by atoms with Crippen LogP contribution in [0.15, 0.2) is 24.3 Å². The normalized spacial score (nSPS) is 12.4. The van der Waals surface area contributed by atoms with Crippen molar-refractivity contribution < 1.29 is 9.53 Å². The number of primary amides is 1. The highest BCUT2D eigenvalue weighted by Gasteiger charge is 2.06. The molecule has 0 heterocycles. The van der Waals surface area contributed by atoms with Crippen molar-refractivity contribution in [2.75, 3.05) is 13.2 Å². The van der Waals surface area contributed by atoms with Crippen molar-refractivity contribution in [3.63, 3.8) is 0 Å². The van der Waals surface area contributed by atoms with Gasteiger partial charge in [0.1, 0.15) is 5.75 Å². The fourth-order valence-electron chi connectivity index (χ4n) is 1.49. The summed E-state index contributed by atoms with van der Waals surface area (Å²) in [5.41, 5.74) is 6.19. The molecule has 1 atom stereocenters. The molecule has 1 aromatic rings. The maximum absolute atomic E-state index is 10.7. The highest BCUT2D eigenvalue weighted by Crippen LogP contribution is 2.17. The highest BCUT2D eigenvalue weighted by molar-refractivity contribution is 5.75. The molecule has 0 saturated heterocycles. The quantitative estimate of drug-likeness (QED) is 0.776. The fourth-order valence-corrected chi connectivity index (χ4v) is 1.49. The molecule has 1 amide bonds. The number of hydrogen-bond donors (Lipinski definition) is 2. The third-order valence-corrected chi connectivity index (χ3v) is 2.55. The molecule has 1 aromatic carbocycles. The molecule has 0 aliphatic heterocycles. The first-order chi connectivity index (χ1) is 8.49. The average Bonchev–Trinajstić information content (AvgIpc) is 2.34. The summed E-state index contributed by atoms with van der Waals surface area (Å²) >= 11 is 0. The molecule has 0 bridgehead atoms. The molecule has 4 nitrogen and oxygen atoms in total. The molecule has 3 N–H and O–H groups in total. The van der Waals surface area contributed by atoms with Gasteiger partial charge in [-0.3, -0.25) is 4.79 Å². The topological polar surface area (TPSA) is 64.3 Å². The van der Waals surface area contributed by atoms with E-state index in [1.807, 2.05) is 31.2 Å². The number of carbonyl (C=O) groups is 1. The van der Waals surface area contributed by atoms with Gasteiger partial charge in [-0.15, -0.1) is 0 Å². The van der Waals surface area contributed by atoms with Gasteiger partial charge in [0.15, 0.2) is 0 Å². The molecule has 1 unspecified atom stereocenters. The van der Waals surface area contributed by atoms with Crippen molar-refractivity contribution in [3.05, 3.63) is 29.8 Å². The number of hydrogen-bond acceptors (Lipinski definition) is 3. The molecule has 0 aliphatic rings. The Balaban J connectivity index is 2.51. The van der Waals surface area contributed by atoms with E-state index < -0.39 is 0 Å². The van der Waals surface area contributed by atoms with Crippen LogP contribution in [0.2, 0.25) is 0 Å². The molecule has 4 heteroatoms. The minimum atomic E-state index is -0.348. The second-order valence-corrected chi connectivity index (χ2v) is 4.84. The fraction of sp³-hybridized carbons (Fsp3) is 0.500. The Hall–Kier alpha value is -1.55. The molecular formula is C14H22N2O2. The number of carbonyl (C=O) groups excluding carboxylic acids is 1. The standard InChI is InChI=1S/C14H22N2O2/c1-10(2)9-18-13-6-4-12(5-7-13)11(3)16-8-14(15)17/h4-7,10-11,16H,8-9H2,1-3H3,(H2,15,17). The van der Waals surface area contributed by atoms with E-state index in [1.54, 1.807) is 0 Å². The first-order valence-corrected chi connectivity index (χ1v) is 6.23. The SMILES string of the molecule is CC(C)COc1ccc(C(C)NCC(N)=O)cc1. The largest absolute Gasteiger partial charge is 0.493 e. The lowest BCUT2D eigenvalue weighted by atomic mass is 10.1. The third kappa shape index (κ3) is 5.19. The predicted molar refractivity (Wildman–Crippen MR) is 72.4 cm³/mol. The summed E-state index contributed by atoms with van der Waals surface area (Å²) in [7, 11) is 0. The number of ether oxygens (including phenoxy) is 1. The molecule has 1 rings (SSSR count). The Bertz CT molecular complexity index is 374. The van der Waals surface area contributed by atoms with Crippen LogP contribution >= 0.6 is 0 Å². The van der Waals surface area contributed by atoms with Gasteiger partial charge in [0.05, 0.1) is 13.2 Å². The van der Waals surface area contributed by atoms with Gasteiger partial charge in [-0.05, 0) is 30.5 Å². The number of rotatable bonds is 7. The molecule has 100 valence electrons. The van der Waals surface area contributed by atoms with Gasteiger partial charge in [-0.2, -0.15) is 0 Å². The van der Waals surface area contributed by atoms with Crippen molar-refractivity contribution in [2.45, 2.75) is 26.8 Å². The minimum Gasteiger partial charge on any atom is -0.493 e. The summed E-state index contributed by atoms with van der Waals surface area (Å²) in [6.07, 6.45) is 0. The maximum Gasteiger partial charge on any atom is 0.231 e. The van der Waals surface area contributed by atoms with Crippen LogP contribution in [0.1, 0.15) is 32.4 Å². The van der Waals surface area contributed by atoms with Gasteiger partial charge in [0.2, 0.25) is 5.91 Å². The van der Waals surface area contributed by atoms with E-state index in [1.165, 1.54) is 0 Å². The van der Waals surface area contributed by atoms with E-state index >= 15 is 0 Å². The molecule has 0 saturated carbocycles.